The molecule has 0 N–H and O–H groups in total. The van der Waals surface area contributed by atoms with E-state index in [-0.39, 0.29) is 11.7 Å². The number of rotatable bonds is 6. The van der Waals surface area contributed by atoms with Gasteiger partial charge >= 0.3 is 5.97 Å². The minimum absolute atomic E-state index is 0.295. The predicted molar refractivity (Wildman–Crippen MR) is 103 cm³/mol. The van der Waals surface area contributed by atoms with Crippen LogP contribution in [0.4, 0.5) is 14.5 Å². The van der Waals surface area contributed by atoms with Gasteiger partial charge in [0.05, 0.1) is 5.69 Å². The highest BCUT2D eigenvalue weighted by Gasteiger charge is 2.24. The zero-order valence-electron chi connectivity index (χ0n) is 16.0. The molecule has 6 nitrogen and oxygen atoms in total. The quantitative estimate of drug-likeness (QED) is 0.693. The highest BCUT2D eigenvalue weighted by molar-refractivity contribution is 5.82. The number of nitrogens with zero attached hydrogens (tertiary/aromatic N) is 2. The molecule has 0 aliphatic carbocycles. The SMILES string of the molecule is C[C@@H](Oc1ccc(F)cc1)C(=O)OCC(=O)N1CCN(c2ccccc2F)CC1. The van der Waals surface area contributed by atoms with Gasteiger partial charge in [-0.2, -0.15) is 0 Å². The normalized spacial score (nSPS) is 15.0. The number of amides is 1. The predicted octanol–water partition coefficient (Wildman–Crippen LogP) is 2.62. The summed E-state index contributed by atoms with van der Waals surface area (Å²) < 4.78 is 37.2. The van der Waals surface area contributed by atoms with E-state index < -0.39 is 24.5 Å². The molecule has 2 aromatic rings. The van der Waals surface area contributed by atoms with E-state index in [1.807, 2.05) is 4.90 Å². The third-order valence-corrected chi connectivity index (χ3v) is 4.62. The van der Waals surface area contributed by atoms with Crippen LogP contribution in [0, 0.1) is 11.6 Å². The van der Waals surface area contributed by atoms with Crippen LogP contribution in [0.1, 0.15) is 6.92 Å². The first kappa shape index (κ1) is 20.6. The summed E-state index contributed by atoms with van der Waals surface area (Å²) in [5.74, 6) is -1.38. The highest BCUT2D eigenvalue weighted by atomic mass is 19.1. The van der Waals surface area contributed by atoms with E-state index in [0.717, 1.165) is 0 Å². The second kappa shape index (κ2) is 9.36. The summed E-state index contributed by atoms with van der Waals surface area (Å²) in [6.45, 7) is 2.90. The molecule has 3 rings (SSSR count). The van der Waals surface area contributed by atoms with Crippen LogP contribution in [-0.4, -0.2) is 55.7 Å². The highest BCUT2D eigenvalue weighted by Crippen LogP contribution is 2.20. The monoisotopic (exact) mass is 404 g/mol. The zero-order valence-corrected chi connectivity index (χ0v) is 16.0. The van der Waals surface area contributed by atoms with Gasteiger partial charge in [-0.1, -0.05) is 12.1 Å². The van der Waals surface area contributed by atoms with Gasteiger partial charge in [0, 0.05) is 26.2 Å². The van der Waals surface area contributed by atoms with Crippen molar-refractivity contribution in [3.05, 3.63) is 60.2 Å². The van der Waals surface area contributed by atoms with Gasteiger partial charge in [0.1, 0.15) is 17.4 Å². The Morgan fingerprint density at radius 3 is 2.31 bits per heavy atom. The van der Waals surface area contributed by atoms with E-state index in [1.165, 1.54) is 37.3 Å². The largest absolute Gasteiger partial charge is 0.479 e. The Bertz CT molecular complexity index is 852. The van der Waals surface area contributed by atoms with E-state index in [9.17, 15) is 18.4 Å². The summed E-state index contributed by atoms with van der Waals surface area (Å²) in [7, 11) is 0. The Labute approximate surface area is 167 Å². The maximum atomic E-state index is 13.9. The van der Waals surface area contributed by atoms with Crippen molar-refractivity contribution in [2.24, 2.45) is 0 Å². The lowest BCUT2D eigenvalue weighted by molar-refractivity contribution is -0.157. The fraction of sp³-hybridized carbons (Fsp3) is 0.333. The molecule has 1 atom stereocenters. The smallest absolute Gasteiger partial charge is 0.347 e. The maximum Gasteiger partial charge on any atom is 0.347 e. The molecular formula is C21H22F2N2O4. The molecule has 1 aliphatic rings. The molecule has 1 amide bonds. The van der Waals surface area contributed by atoms with E-state index >= 15 is 0 Å². The van der Waals surface area contributed by atoms with Gasteiger partial charge in [-0.3, -0.25) is 4.79 Å². The van der Waals surface area contributed by atoms with Crippen LogP contribution in [-0.2, 0) is 14.3 Å². The molecule has 0 spiro atoms. The lowest BCUT2D eigenvalue weighted by atomic mass is 10.2. The number of esters is 1. The van der Waals surface area contributed by atoms with Crippen molar-refractivity contribution in [2.45, 2.75) is 13.0 Å². The second-order valence-corrected chi connectivity index (χ2v) is 6.64. The van der Waals surface area contributed by atoms with Crippen molar-refractivity contribution < 1.29 is 27.8 Å². The number of ether oxygens (including phenoxy) is 2. The number of piperazine rings is 1. The Balaban J connectivity index is 1.43. The lowest BCUT2D eigenvalue weighted by Crippen LogP contribution is -2.50. The molecule has 0 bridgehead atoms. The van der Waals surface area contributed by atoms with Crippen molar-refractivity contribution in [3.8, 4) is 5.75 Å². The minimum atomic E-state index is -0.939. The summed E-state index contributed by atoms with van der Waals surface area (Å²) in [6, 6.07) is 11.8. The van der Waals surface area contributed by atoms with Crippen molar-refractivity contribution in [2.75, 3.05) is 37.7 Å². The first-order chi connectivity index (χ1) is 13.9. The Hall–Kier alpha value is -3.16. The molecule has 1 aliphatic heterocycles. The topological polar surface area (TPSA) is 59.1 Å². The number of hydrogen-bond acceptors (Lipinski definition) is 5. The molecule has 0 unspecified atom stereocenters. The Kier molecular flexibility index (Phi) is 6.64. The second-order valence-electron chi connectivity index (χ2n) is 6.64. The maximum absolute atomic E-state index is 13.9. The van der Waals surface area contributed by atoms with Crippen molar-refractivity contribution in [3.63, 3.8) is 0 Å². The number of hydrogen-bond donors (Lipinski definition) is 0. The number of para-hydroxylation sites is 1. The molecule has 2 aromatic carbocycles. The molecule has 1 saturated heterocycles. The molecule has 0 aromatic heterocycles. The third-order valence-electron chi connectivity index (χ3n) is 4.62. The van der Waals surface area contributed by atoms with Gasteiger partial charge in [0.25, 0.3) is 5.91 Å². The minimum Gasteiger partial charge on any atom is -0.479 e. The van der Waals surface area contributed by atoms with Crippen LogP contribution in [0.25, 0.3) is 0 Å². The fourth-order valence-corrected chi connectivity index (χ4v) is 3.01. The summed E-state index contributed by atoms with van der Waals surface area (Å²) in [5, 5.41) is 0. The van der Waals surface area contributed by atoms with Crippen molar-refractivity contribution in [1.29, 1.82) is 0 Å². The molecule has 1 fully saturated rings. The summed E-state index contributed by atoms with van der Waals surface area (Å²) in [4.78, 5) is 27.8. The van der Waals surface area contributed by atoms with Crippen molar-refractivity contribution in [1.82, 2.24) is 4.90 Å². The Morgan fingerprint density at radius 2 is 1.66 bits per heavy atom. The van der Waals surface area contributed by atoms with Gasteiger partial charge in [0.2, 0.25) is 0 Å². The molecular weight excluding hydrogens is 382 g/mol. The molecule has 154 valence electrons. The summed E-state index contributed by atoms with van der Waals surface area (Å²) in [5.41, 5.74) is 0.512. The summed E-state index contributed by atoms with van der Waals surface area (Å²) in [6.07, 6.45) is -0.939. The van der Waals surface area contributed by atoms with Gasteiger partial charge in [-0.05, 0) is 43.3 Å². The summed E-state index contributed by atoms with van der Waals surface area (Å²) >= 11 is 0. The van der Waals surface area contributed by atoms with Crippen LogP contribution in [0.5, 0.6) is 5.75 Å². The van der Waals surface area contributed by atoms with Gasteiger partial charge in [0.15, 0.2) is 12.7 Å². The van der Waals surface area contributed by atoms with E-state index in [0.29, 0.717) is 37.6 Å². The van der Waals surface area contributed by atoms with Crippen LogP contribution in [0.2, 0.25) is 0 Å². The van der Waals surface area contributed by atoms with Crippen LogP contribution >= 0.6 is 0 Å². The van der Waals surface area contributed by atoms with Gasteiger partial charge in [-0.25, -0.2) is 13.6 Å². The molecule has 1 heterocycles. The van der Waals surface area contributed by atoms with Crippen molar-refractivity contribution >= 4 is 17.6 Å². The number of carbonyl (C=O) groups excluding carboxylic acids is 2. The molecule has 0 saturated carbocycles. The van der Waals surface area contributed by atoms with Gasteiger partial charge < -0.3 is 19.3 Å². The molecule has 29 heavy (non-hydrogen) atoms. The average Bonchev–Trinajstić information content (AvgIpc) is 2.74. The standard InChI is InChI=1S/C21H22F2N2O4/c1-15(29-17-8-6-16(22)7-9-17)21(27)28-14-20(26)25-12-10-24(11-13-25)19-5-3-2-4-18(19)23/h2-9,15H,10-14H2,1H3/t15-/m1/s1. The fourth-order valence-electron chi connectivity index (χ4n) is 3.01. The van der Waals surface area contributed by atoms with Gasteiger partial charge in [-0.15, -0.1) is 0 Å². The first-order valence-corrected chi connectivity index (χ1v) is 9.30. The average molecular weight is 404 g/mol. The molecule has 8 heteroatoms. The van der Waals surface area contributed by atoms with E-state index in [2.05, 4.69) is 0 Å². The first-order valence-electron chi connectivity index (χ1n) is 9.30. The Morgan fingerprint density at radius 1 is 1.00 bits per heavy atom. The van der Waals surface area contributed by atoms with E-state index in [4.69, 9.17) is 9.47 Å². The van der Waals surface area contributed by atoms with E-state index in [1.54, 1.807) is 23.1 Å². The van der Waals surface area contributed by atoms with Crippen LogP contribution in [0.15, 0.2) is 48.5 Å². The third kappa shape index (κ3) is 5.43. The lowest BCUT2D eigenvalue weighted by Gasteiger charge is -2.36. The van der Waals surface area contributed by atoms with Crippen LogP contribution in [0.3, 0.4) is 0 Å². The number of halogens is 2. The number of carbonyl (C=O) groups is 2. The number of benzene rings is 2. The molecule has 0 radical (unpaired) electrons. The number of anilines is 1. The van der Waals surface area contributed by atoms with Crippen LogP contribution < -0.4 is 9.64 Å². The zero-order chi connectivity index (χ0) is 20.8.